The number of quaternary nitrogens is 1. The Morgan fingerprint density at radius 1 is 0.778 bits per heavy atom. The van der Waals surface area contributed by atoms with Gasteiger partial charge in [-0.3, -0.25) is 0 Å². The number of aryl methyl sites for hydroxylation is 1. The van der Waals surface area contributed by atoms with Crippen LogP contribution in [0.15, 0.2) is 54.6 Å². The lowest BCUT2D eigenvalue weighted by molar-refractivity contribution is -0.920. The van der Waals surface area contributed by atoms with Crippen molar-refractivity contribution >= 4 is 5.97 Å². The number of carbonyl (C=O) groups is 1. The van der Waals surface area contributed by atoms with Crippen molar-refractivity contribution in [2.24, 2.45) is 0 Å². The van der Waals surface area contributed by atoms with Gasteiger partial charge < -0.3 is 14.0 Å². The first kappa shape index (κ1) is 29.9. The molecule has 0 fully saturated rings. The average Bonchev–Trinajstić information content (AvgIpc) is 2.86. The summed E-state index contributed by atoms with van der Waals surface area (Å²) in [6, 6.07) is 18.4. The van der Waals surface area contributed by atoms with Crippen LogP contribution in [0.3, 0.4) is 0 Å². The Morgan fingerprint density at radius 3 is 2.11 bits per heavy atom. The van der Waals surface area contributed by atoms with E-state index in [9.17, 15) is 4.79 Å². The molecule has 4 nitrogen and oxygen atoms in total. The summed E-state index contributed by atoms with van der Waals surface area (Å²) in [5.74, 6) is 0.687. The smallest absolute Gasteiger partial charge is 0.368 e. The molecule has 0 N–H and O–H groups in total. The lowest BCUT2D eigenvalue weighted by Gasteiger charge is -2.37. The van der Waals surface area contributed by atoms with Crippen molar-refractivity contribution in [2.75, 3.05) is 14.1 Å². The van der Waals surface area contributed by atoms with Crippen LogP contribution in [0.25, 0.3) is 0 Å². The monoisotopic (exact) mass is 496 g/mol. The molecule has 0 amide bonds. The highest BCUT2D eigenvalue weighted by atomic mass is 16.7. The van der Waals surface area contributed by atoms with Gasteiger partial charge in [-0.05, 0) is 37.3 Å². The average molecular weight is 497 g/mol. The zero-order valence-electron chi connectivity index (χ0n) is 23.5. The Labute approximate surface area is 220 Å². The van der Waals surface area contributed by atoms with Crippen molar-refractivity contribution in [3.8, 4) is 5.75 Å². The second-order valence-corrected chi connectivity index (χ2v) is 10.6. The second-order valence-electron chi connectivity index (χ2n) is 10.6. The molecule has 36 heavy (non-hydrogen) atoms. The normalized spacial score (nSPS) is 13.2. The number of esters is 1. The molecule has 0 radical (unpaired) electrons. The van der Waals surface area contributed by atoms with Gasteiger partial charge in [-0.15, -0.1) is 0 Å². The molecular weight excluding hydrogens is 446 g/mol. The van der Waals surface area contributed by atoms with Gasteiger partial charge in [-0.25, -0.2) is 4.79 Å². The van der Waals surface area contributed by atoms with Gasteiger partial charge in [0.15, 0.2) is 6.04 Å². The first-order valence-electron chi connectivity index (χ1n) is 14.2. The lowest BCUT2D eigenvalue weighted by Crippen LogP contribution is -2.53. The fraction of sp³-hybridized carbons (Fsp3) is 0.594. The Kier molecular flexibility index (Phi) is 13.6. The molecule has 2 unspecified atom stereocenters. The van der Waals surface area contributed by atoms with Crippen molar-refractivity contribution in [1.82, 2.24) is 0 Å². The highest BCUT2D eigenvalue weighted by Gasteiger charge is 2.37. The van der Waals surface area contributed by atoms with Crippen molar-refractivity contribution in [3.05, 3.63) is 65.7 Å². The minimum Gasteiger partial charge on any atom is -0.454 e. The number of ether oxygens (including phenoxy) is 2. The molecule has 0 saturated heterocycles. The summed E-state index contributed by atoms with van der Waals surface area (Å²) in [4.78, 5) is 13.5. The van der Waals surface area contributed by atoms with Crippen LogP contribution in [-0.4, -0.2) is 36.9 Å². The molecule has 4 heteroatoms. The van der Waals surface area contributed by atoms with Gasteiger partial charge in [0.2, 0.25) is 6.29 Å². The maximum absolute atomic E-state index is 13.5. The summed E-state index contributed by atoms with van der Waals surface area (Å²) >= 11 is 0. The minimum absolute atomic E-state index is 0.162. The minimum atomic E-state index is -0.565. The van der Waals surface area contributed by atoms with Crippen LogP contribution in [0.5, 0.6) is 5.75 Å². The number of para-hydroxylation sites is 1. The van der Waals surface area contributed by atoms with E-state index in [1.54, 1.807) is 0 Å². The summed E-state index contributed by atoms with van der Waals surface area (Å²) in [7, 11) is 4.25. The third kappa shape index (κ3) is 10.3. The maximum Gasteiger partial charge on any atom is 0.368 e. The number of likely N-dealkylation sites (N-methyl/N-ethyl adjacent to an activating group) is 1. The van der Waals surface area contributed by atoms with E-state index in [0.29, 0.717) is 10.9 Å². The number of carbonyl (C=O) groups excluding carboxylic acids is 1. The highest BCUT2D eigenvalue weighted by Crippen LogP contribution is 2.25. The molecular formula is C32H50NO3+. The predicted molar refractivity (Wildman–Crippen MR) is 150 cm³/mol. The van der Waals surface area contributed by atoms with Gasteiger partial charge in [-0.2, -0.15) is 0 Å². The first-order valence-corrected chi connectivity index (χ1v) is 14.2. The van der Waals surface area contributed by atoms with Gasteiger partial charge in [0.05, 0.1) is 14.1 Å². The quantitative estimate of drug-likeness (QED) is 0.0905. The van der Waals surface area contributed by atoms with E-state index < -0.39 is 6.29 Å². The van der Waals surface area contributed by atoms with Crippen molar-refractivity contribution < 1.29 is 18.8 Å². The highest BCUT2D eigenvalue weighted by molar-refractivity contribution is 5.74. The summed E-state index contributed by atoms with van der Waals surface area (Å²) in [5, 5.41) is 0. The van der Waals surface area contributed by atoms with Crippen molar-refractivity contribution in [3.63, 3.8) is 0 Å². The van der Waals surface area contributed by atoms with Gasteiger partial charge in [0.25, 0.3) is 0 Å². The van der Waals surface area contributed by atoms with E-state index >= 15 is 0 Å². The summed E-state index contributed by atoms with van der Waals surface area (Å²) in [6.07, 6.45) is 11.3. The van der Waals surface area contributed by atoms with Gasteiger partial charge in [-0.1, -0.05) is 101 Å². The van der Waals surface area contributed by atoms with E-state index in [4.69, 9.17) is 9.47 Å². The molecule has 0 saturated carbocycles. The third-order valence-electron chi connectivity index (χ3n) is 6.91. The van der Waals surface area contributed by atoms with E-state index in [1.807, 2.05) is 18.2 Å². The van der Waals surface area contributed by atoms with Crippen molar-refractivity contribution in [2.45, 2.75) is 110 Å². The molecule has 2 aromatic rings. The van der Waals surface area contributed by atoms with Crippen LogP contribution in [0.2, 0.25) is 0 Å². The fourth-order valence-electron chi connectivity index (χ4n) is 4.84. The largest absolute Gasteiger partial charge is 0.454 e. The molecule has 0 spiro atoms. The van der Waals surface area contributed by atoms with Crippen LogP contribution in [-0.2, 0) is 22.5 Å². The Balaban J connectivity index is 2.06. The number of rotatable bonds is 18. The Bertz CT molecular complexity index is 865. The topological polar surface area (TPSA) is 35.5 Å². The predicted octanol–water partition coefficient (Wildman–Crippen LogP) is 8.08. The fourth-order valence-corrected chi connectivity index (χ4v) is 4.84. The Morgan fingerprint density at radius 2 is 1.42 bits per heavy atom. The van der Waals surface area contributed by atoms with E-state index in [1.165, 1.54) is 43.2 Å². The number of hydrogen-bond acceptors (Lipinski definition) is 3. The zero-order chi connectivity index (χ0) is 26.2. The summed E-state index contributed by atoms with van der Waals surface area (Å²) < 4.78 is 13.0. The van der Waals surface area contributed by atoms with E-state index in [0.717, 1.165) is 44.4 Å². The number of unbranched alkanes of at least 4 members (excludes halogenated alkanes) is 5. The molecule has 0 aromatic heterocycles. The second kappa shape index (κ2) is 16.4. The zero-order valence-corrected chi connectivity index (χ0v) is 23.5. The van der Waals surface area contributed by atoms with Gasteiger partial charge in [0.1, 0.15) is 12.3 Å². The summed E-state index contributed by atoms with van der Waals surface area (Å²) in [5.41, 5.74) is 2.43. The van der Waals surface area contributed by atoms with Crippen LogP contribution >= 0.6 is 0 Å². The molecule has 2 atom stereocenters. The molecule has 0 aliphatic heterocycles. The molecule has 0 aliphatic rings. The van der Waals surface area contributed by atoms with E-state index in [-0.39, 0.29) is 12.0 Å². The molecule has 2 aromatic carbocycles. The SMILES string of the molecule is CCCCCCCCc1ccccc1OC(CCC)OC(=O)C(CCC)[N+](C)(C)Cc1ccccc1. The molecule has 0 aliphatic carbocycles. The number of nitrogens with zero attached hydrogens (tertiary/aromatic N) is 1. The van der Waals surface area contributed by atoms with Crippen LogP contribution in [0.4, 0.5) is 0 Å². The number of hydrogen-bond donors (Lipinski definition) is 0. The van der Waals surface area contributed by atoms with Gasteiger partial charge >= 0.3 is 5.97 Å². The molecule has 200 valence electrons. The standard InChI is InChI=1S/C32H50NO3/c1-6-9-10-11-12-16-23-28-24-17-18-25-30(28)35-31(20-8-3)36-32(34)29(19-7-2)33(4,5)26-27-21-14-13-15-22-27/h13-15,17-18,21-22,24-25,29,31H,6-12,16,19-20,23,26H2,1-5H3/q+1. The third-order valence-corrected chi connectivity index (χ3v) is 6.91. The molecule has 0 heterocycles. The first-order chi connectivity index (χ1) is 17.4. The summed E-state index contributed by atoms with van der Waals surface area (Å²) in [6.45, 7) is 7.26. The van der Waals surface area contributed by atoms with Gasteiger partial charge in [0, 0.05) is 18.4 Å². The number of benzene rings is 2. The Hall–Kier alpha value is -2.33. The van der Waals surface area contributed by atoms with E-state index in [2.05, 4.69) is 71.3 Å². The van der Waals surface area contributed by atoms with Crippen LogP contribution < -0.4 is 4.74 Å². The maximum atomic E-state index is 13.5. The van der Waals surface area contributed by atoms with Crippen molar-refractivity contribution in [1.29, 1.82) is 0 Å². The molecule has 0 bridgehead atoms. The lowest BCUT2D eigenvalue weighted by atomic mass is 10.0. The molecule has 2 rings (SSSR count). The van der Waals surface area contributed by atoms with Crippen LogP contribution in [0.1, 0.15) is 96.1 Å². The van der Waals surface area contributed by atoms with Crippen LogP contribution in [0, 0.1) is 0 Å².